The third-order valence-corrected chi connectivity index (χ3v) is 5.42. The zero-order valence-corrected chi connectivity index (χ0v) is 12.7. The molecule has 116 valence electrons. The predicted molar refractivity (Wildman–Crippen MR) is 77.7 cm³/mol. The number of nitrogens with zero attached hydrogens (tertiary/aromatic N) is 1. The Labute approximate surface area is 127 Å². The molecule has 1 N–H and O–H groups in total. The molecular formula is C14H20N2O4S. The van der Waals surface area contributed by atoms with E-state index in [-0.39, 0.29) is 41.4 Å². The van der Waals surface area contributed by atoms with Crippen LogP contribution in [0.3, 0.4) is 0 Å². The van der Waals surface area contributed by atoms with Crippen LogP contribution in [0.2, 0.25) is 0 Å². The average molecular weight is 312 g/mol. The maximum Gasteiger partial charge on any atom is 0.226 e. The van der Waals surface area contributed by atoms with Crippen molar-refractivity contribution >= 4 is 28.7 Å². The van der Waals surface area contributed by atoms with E-state index in [4.69, 9.17) is 4.74 Å². The summed E-state index contributed by atoms with van der Waals surface area (Å²) in [5.41, 5.74) is 0. The maximum absolute atomic E-state index is 12.2. The number of hydrogen-bond donors (Lipinski definition) is 1. The molecule has 21 heavy (non-hydrogen) atoms. The van der Waals surface area contributed by atoms with Gasteiger partial charge in [0, 0.05) is 38.0 Å². The number of carbonyl (C=O) groups is 3. The van der Waals surface area contributed by atoms with Crippen LogP contribution in [0.4, 0.5) is 0 Å². The largest absolute Gasteiger partial charge is 0.381 e. The van der Waals surface area contributed by atoms with Crippen LogP contribution in [0, 0.1) is 5.92 Å². The second kappa shape index (κ2) is 6.36. The molecule has 0 aromatic carbocycles. The van der Waals surface area contributed by atoms with E-state index >= 15 is 0 Å². The van der Waals surface area contributed by atoms with Gasteiger partial charge in [0.25, 0.3) is 0 Å². The van der Waals surface area contributed by atoms with Crippen molar-refractivity contribution in [2.24, 2.45) is 5.92 Å². The lowest BCUT2D eigenvalue weighted by Gasteiger charge is -2.31. The first-order valence-electron chi connectivity index (χ1n) is 7.49. The zero-order valence-electron chi connectivity index (χ0n) is 11.9. The van der Waals surface area contributed by atoms with Crippen molar-refractivity contribution in [3.8, 4) is 0 Å². The fourth-order valence-corrected chi connectivity index (χ4v) is 4.11. The molecular weight excluding hydrogens is 292 g/mol. The average Bonchev–Trinajstić information content (AvgIpc) is 3.07. The molecule has 2 unspecified atom stereocenters. The molecule has 3 aliphatic rings. The Kier molecular flexibility index (Phi) is 4.49. The van der Waals surface area contributed by atoms with Gasteiger partial charge in [-0.2, -0.15) is 0 Å². The molecule has 0 bridgehead atoms. The summed E-state index contributed by atoms with van der Waals surface area (Å²) in [5.74, 6) is 0.341. The quantitative estimate of drug-likeness (QED) is 0.803. The summed E-state index contributed by atoms with van der Waals surface area (Å²) in [6.45, 7) is 1.83. The van der Waals surface area contributed by atoms with Crippen molar-refractivity contribution in [2.75, 3.05) is 25.5 Å². The Morgan fingerprint density at radius 1 is 1.24 bits per heavy atom. The van der Waals surface area contributed by atoms with Crippen molar-refractivity contribution in [3.05, 3.63) is 0 Å². The predicted octanol–water partition coefficient (Wildman–Crippen LogP) is 0.162. The van der Waals surface area contributed by atoms with Crippen LogP contribution >= 0.6 is 11.8 Å². The normalized spacial score (nSPS) is 31.0. The summed E-state index contributed by atoms with van der Waals surface area (Å²) in [4.78, 5) is 37.8. The monoisotopic (exact) mass is 312 g/mol. The molecule has 3 fully saturated rings. The van der Waals surface area contributed by atoms with E-state index < -0.39 is 0 Å². The second-order valence-corrected chi connectivity index (χ2v) is 6.91. The topological polar surface area (TPSA) is 75.7 Å². The van der Waals surface area contributed by atoms with Gasteiger partial charge in [-0.15, -0.1) is 0 Å². The Morgan fingerprint density at radius 2 is 2.00 bits per heavy atom. The van der Waals surface area contributed by atoms with Crippen LogP contribution < -0.4 is 5.32 Å². The molecule has 2 amide bonds. The fourth-order valence-electron chi connectivity index (χ4n) is 3.17. The van der Waals surface area contributed by atoms with E-state index in [1.807, 2.05) is 4.90 Å². The molecule has 0 radical (unpaired) electrons. The molecule has 0 aliphatic carbocycles. The molecule has 3 rings (SSSR count). The number of nitrogens with one attached hydrogen (secondary N) is 1. The standard InChI is InChI=1S/C14H20N2O4S/c17-12-7-9(8-16(12)10-1-4-20-5-2-10)13(18)15-11-3-6-21-14(11)19/h9-11H,1-8H2,(H,15,18). The summed E-state index contributed by atoms with van der Waals surface area (Å²) in [7, 11) is 0. The van der Waals surface area contributed by atoms with Gasteiger partial charge in [-0.05, 0) is 19.3 Å². The molecule has 7 heteroatoms. The van der Waals surface area contributed by atoms with E-state index in [9.17, 15) is 14.4 Å². The number of hydrogen-bond acceptors (Lipinski definition) is 5. The van der Waals surface area contributed by atoms with Crippen molar-refractivity contribution in [1.82, 2.24) is 10.2 Å². The van der Waals surface area contributed by atoms with Gasteiger partial charge in [0.2, 0.25) is 16.9 Å². The highest BCUT2D eigenvalue weighted by Crippen LogP contribution is 2.26. The van der Waals surface area contributed by atoms with Gasteiger partial charge in [0.05, 0.1) is 12.0 Å². The molecule has 0 spiro atoms. The Hall–Kier alpha value is -1.08. The molecule has 3 aliphatic heterocycles. The second-order valence-electron chi connectivity index (χ2n) is 5.81. The molecule has 6 nitrogen and oxygen atoms in total. The van der Waals surface area contributed by atoms with Crippen LogP contribution in [0.5, 0.6) is 0 Å². The number of rotatable bonds is 3. The van der Waals surface area contributed by atoms with Gasteiger partial charge in [0.15, 0.2) is 0 Å². The van der Waals surface area contributed by atoms with Gasteiger partial charge in [0.1, 0.15) is 0 Å². The van der Waals surface area contributed by atoms with E-state index in [0.29, 0.717) is 26.2 Å². The van der Waals surface area contributed by atoms with E-state index in [1.165, 1.54) is 11.8 Å². The molecule has 0 aromatic heterocycles. The zero-order chi connectivity index (χ0) is 14.8. The summed E-state index contributed by atoms with van der Waals surface area (Å²) in [6.07, 6.45) is 2.65. The minimum absolute atomic E-state index is 0.0361. The number of amides is 2. The number of carbonyl (C=O) groups excluding carboxylic acids is 3. The first-order chi connectivity index (χ1) is 10.1. The van der Waals surface area contributed by atoms with Gasteiger partial charge in [-0.1, -0.05) is 11.8 Å². The van der Waals surface area contributed by atoms with Gasteiger partial charge in [-0.3, -0.25) is 14.4 Å². The third-order valence-electron chi connectivity index (χ3n) is 4.41. The molecule has 2 atom stereocenters. The van der Waals surface area contributed by atoms with Crippen LogP contribution in [0.25, 0.3) is 0 Å². The van der Waals surface area contributed by atoms with Gasteiger partial charge in [-0.25, -0.2) is 0 Å². The number of thioether (sulfide) groups is 1. The highest BCUT2D eigenvalue weighted by molar-refractivity contribution is 8.14. The third kappa shape index (κ3) is 3.23. The highest BCUT2D eigenvalue weighted by Gasteiger charge is 2.39. The Morgan fingerprint density at radius 3 is 2.67 bits per heavy atom. The van der Waals surface area contributed by atoms with Crippen LogP contribution in [-0.2, 0) is 19.1 Å². The summed E-state index contributed by atoms with van der Waals surface area (Å²) < 4.78 is 5.31. The van der Waals surface area contributed by atoms with Gasteiger partial charge >= 0.3 is 0 Å². The Bertz CT molecular complexity index is 450. The molecule has 0 aromatic rings. The van der Waals surface area contributed by atoms with Crippen molar-refractivity contribution in [1.29, 1.82) is 0 Å². The van der Waals surface area contributed by atoms with Crippen molar-refractivity contribution in [3.63, 3.8) is 0 Å². The summed E-state index contributed by atoms with van der Waals surface area (Å²) in [5, 5.41) is 2.84. The highest BCUT2D eigenvalue weighted by atomic mass is 32.2. The van der Waals surface area contributed by atoms with E-state index in [2.05, 4.69) is 5.32 Å². The number of likely N-dealkylation sites (tertiary alicyclic amines) is 1. The van der Waals surface area contributed by atoms with Crippen molar-refractivity contribution < 1.29 is 19.1 Å². The fraction of sp³-hybridized carbons (Fsp3) is 0.786. The van der Waals surface area contributed by atoms with Crippen LogP contribution in [0.1, 0.15) is 25.7 Å². The van der Waals surface area contributed by atoms with E-state index in [1.54, 1.807) is 0 Å². The maximum atomic E-state index is 12.2. The molecule has 0 saturated carbocycles. The first-order valence-corrected chi connectivity index (χ1v) is 8.48. The van der Waals surface area contributed by atoms with Crippen LogP contribution in [-0.4, -0.2) is 59.4 Å². The molecule has 3 saturated heterocycles. The smallest absolute Gasteiger partial charge is 0.226 e. The van der Waals surface area contributed by atoms with Gasteiger partial charge < -0.3 is 15.0 Å². The lowest BCUT2D eigenvalue weighted by Crippen LogP contribution is -2.43. The number of ether oxygens (including phenoxy) is 1. The minimum atomic E-state index is -0.366. The van der Waals surface area contributed by atoms with Crippen LogP contribution in [0.15, 0.2) is 0 Å². The Balaban J connectivity index is 1.56. The van der Waals surface area contributed by atoms with Crippen molar-refractivity contribution in [2.45, 2.75) is 37.8 Å². The summed E-state index contributed by atoms with van der Waals surface area (Å²) in [6, 6.07) is -0.164. The molecule has 3 heterocycles. The first kappa shape index (κ1) is 14.8. The minimum Gasteiger partial charge on any atom is -0.381 e. The lowest BCUT2D eigenvalue weighted by atomic mass is 10.1. The van der Waals surface area contributed by atoms with E-state index in [0.717, 1.165) is 18.6 Å². The summed E-state index contributed by atoms with van der Waals surface area (Å²) >= 11 is 1.27. The SMILES string of the molecule is O=C(NC1CCSC1=O)C1CC(=O)N(C2CCOCC2)C1. The lowest BCUT2D eigenvalue weighted by molar-refractivity contribution is -0.131.